The van der Waals surface area contributed by atoms with Crippen molar-refractivity contribution >= 4 is 34.0 Å². The molecule has 2 N–H and O–H groups in total. The van der Waals surface area contributed by atoms with E-state index in [-0.39, 0.29) is 24.2 Å². The molecule has 1 atom stereocenters. The number of amides is 2. The topological polar surface area (TPSA) is 111 Å². The molecule has 0 bridgehead atoms. The van der Waals surface area contributed by atoms with E-state index in [2.05, 4.69) is 20.7 Å². The molecule has 0 radical (unpaired) electrons. The number of anilines is 2. The van der Waals surface area contributed by atoms with Gasteiger partial charge in [-0.1, -0.05) is 30.3 Å². The van der Waals surface area contributed by atoms with Gasteiger partial charge < -0.3 is 19.8 Å². The molecule has 9 nitrogen and oxygen atoms in total. The summed E-state index contributed by atoms with van der Waals surface area (Å²) in [4.78, 5) is 28.8. The van der Waals surface area contributed by atoms with E-state index in [4.69, 9.17) is 9.15 Å². The van der Waals surface area contributed by atoms with Crippen molar-refractivity contribution in [3.8, 4) is 5.75 Å². The molecule has 5 rings (SSSR count). The predicted octanol–water partition coefficient (Wildman–Crippen LogP) is 5.06. The van der Waals surface area contributed by atoms with Crippen LogP contribution in [0, 0.1) is 0 Å². The van der Waals surface area contributed by atoms with Crippen molar-refractivity contribution in [1.29, 1.82) is 0 Å². The smallest absolute Gasteiger partial charge is 0.291 e. The first-order valence-corrected chi connectivity index (χ1v) is 11.3. The van der Waals surface area contributed by atoms with E-state index < -0.39 is 6.04 Å². The normalized spacial score (nSPS) is 11.7. The first-order chi connectivity index (χ1) is 17.5. The van der Waals surface area contributed by atoms with Crippen molar-refractivity contribution in [2.24, 2.45) is 0 Å². The summed E-state index contributed by atoms with van der Waals surface area (Å²) in [5.74, 6) is 0.813. The molecule has 1 unspecified atom stereocenters. The third-order valence-electron chi connectivity index (χ3n) is 5.61. The fourth-order valence-electron chi connectivity index (χ4n) is 3.60. The van der Waals surface area contributed by atoms with Crippen molar-refractivity contribution in [3.63, 3.8) is 0 Å². The summed E-state index contributed by atoms with van der Waals surface area (Å²) in [6.45, 7) is 1.93. The van der Waals surface area contributed by atoms with Gasteiger partial charge in [-0.05, 0) is 66.2 Å². The van der Waals surface area contributed by atoms with E-state index in [9.17, 15) is 9.59 Å². The van der Waals surface area contributed by atoms with Crippen molar-refractivity contribution in [1.82, 2.24) is 14.8 Å². The Morgan fingerprint density at radius 2 is 1.69 bits per heavy atom. The maximum absolute atomic E-state index is 12.6. The molecule has 2 aromatic heterocycles. The lowest BCUT2D eigenvalue weighted by atomic mass is 10.1. The maximum Gasteiger partial charge on any atom is 0.291 e. The van der Waals surface area contributed by atoms with Gasteiger partial charge in [0, 0.05) is 11.4 Å². The molecular formula is C27H23N5O4. The third-order valence-corrected chi connectivity index (χ3v) is 5.61. The van der Waals surface area contributed by atoms with Crippen LogP contribution in [0.4, 0.5) is 11.4 Å². The minimum Gasteiger partial charge on any atom is -0.486 e. The van der Waals surface area contributed by atoms with E-state index >= 15 is 0 Å². The Labute approximate surface area is 206 Å². The summed E-state index contributed by atoms with van der Waals surface area (Å²) in [6.07, 6.45) is 2.86. The van der Waals surface area contributed by atoms with Gasteiger partial charge in [0.15, 0.2) is 5.76 Å². The van der Waals surface area contributed by atoms with Gasteiger partial charge in [-0.15, -0.1) is 0 Å². The zero-order valence-electron chi connectivity index (χ0n) is 19.4. The van der Waals surface area contributed by atoms with E-state index in [1.54, 1.807) is 43.3 Å². The van der Waals surface area contributed by atoms with Gasteiger partial charge in [0.1, 0.15) is 36.8 Å². The van der Waals surface area contributed by atoms with E-state index in [0.717, 1.165) is 16.5 Å². The molecule has 0 saturated heterocycles. The molecule has 0 aliphatic carbocycles. The van der Waals surface area contributed by atoms with Gasteiger partial charge in [-0.25, -0.2) is 9.67 Å². The van der Waals surface area contributed by atoms with Crippen molar-refractivity contribution < 1.29 is 18.7 Å². The highest BCUT2D eigenvalue weighted by Gasteiger charge is 2.16. The molecule has 9 heteroatoms. The maximum atomic E-state index is 12.6. The summed E-state index contributed by atoms with van der Waals surface area (Å²) < 4.78 is 13.0. The van der Waals surface area contributed by atoms with Crippen LogP contribution in [-0.4, -0.2) is 26.6 Å². The van der Waals surface area contributed by atoms with Crippen LogP contribution in [0.5, 0.6) is 5.75 Å². The summed E-state index contributed by atoms with van der Waals surface area (Å²) in [7, 11) is 0. The van der Waals surface area contributed by atoms with Crippen molar-refractivity contribution in [3.05, 3.63) is 103 Å². The number of rotatable bonds is 8. The summed E-state index contributed by atoms with van der Waals surface area (Å²) in [5.41, 5.74) is 1.16. The van der Waals surface area contributed by atoms with E-state index in [1.165, 1.54) is 17.3 Å². The standard InChI is InChI=1S/C27H23N5O4/c1-18(32-17-28-16-29-32)26(33)30-21-7-9-22(10-8-21)31-27(34)25-13-12-24(36-25)15-35-23-11-6-19-4-2-3-5-20(19)14-23/h2-14,16-18H,15H2,1H3,(H,30,33)(H,31,34). The van der Waals surface area contributed by atoms with Crippen LogP contribution in [0.15, 0.2) is 95.9 Å². The first-order valence-electron chi connectivity index (χ1n) is 11.3. The molecule has 0 spiro atoms. The van der Waals surface area contributed by atoms with Crippen LogP contribution >= 0.6 is 0 Å². The van der Waals surface area contributed by atoms with Crippen LogP contribution in [0.2, 0.25) is 0 Å². The Kier molecular flexibility index (Phi) is 6.44. The molecule has 0 saturated carbocycles. The average molecular weight is 482 g/mol. The number of carbonyl (C=O) groups is 2. The molecule has 180 valence electrons. The first kappa shape index (κ1) is 22.9. The molecule has 0 aliphatic heterocycles. The van der Waals surface area contributed by atoms with Gasteiger partial charge in [-0.2, -0.15) is 5.10 Å². The number of nitrogens with one attached hydrogen (secondary N) is 2. The Hall–Kier alpha value is -4.92. The van der Waals surface area contributed by atoms with E-state index in [1.807, 2.05) is 42.5 Å². The zero-order valence-corrected chi connectivity index (χ0v) is 19.4. The summed E-state index contributed by atoms with van der Waals surface area (Å²) in [6, 6.07) is 23.5. The number of nitrogens with zero attached hydrogens (tertiary/aromatic N) is 3. The van der Waals surface area contributed by atoms with Crippen LogP contribution in [0.25, 0.3) is 10.8 Å². The number of hydrogen-bond donors (Lipinski definition) is 2. The minimum absolute atomic E-state index is 0.172. The fraction of sp³-hybridized carbons (Fsp3) is 0.111. The highest BCUT2D eigenvalue weighted by Crippen LogP contribution is 2.22. The van der Waals surface area contributed by atoms with Crippen molar-refractivity contribution in [2.75, 3.05) is 10.6 Å². The van der Waals surface area contributed by atoms with Gasteiger partial charge in [0.2, 0.25) is 5.91 Å². The second kappa shape index (κ2) is 10.1. The van der Waals surface area contributed by atoms with E-state index in [0.29, 0.717) is 17.1 Å². The number of fused-ring (bicyclic) bond motifs is 1. The molecule has 36 heavy (non-hydrogen) atoms. The second-order valence-electron chi connectivity index (χ2n) is 8.14. The Morgan fingerprint density at radius 3 is 2.44 bits per heavy atom. The van der Waals surface area contributed by atoms with Gasteiger partial charge in [0.05, 0.1) is 0 Å². The molecule has 2 heterocycles. The van der Waals surface area contributed by atoms with Crippen LogP contribution in [-0.2, 0) is 11.4 Å². The van der Waals surface area contributed by atoms with Crippen LogP contribution in [0.1, 0.15) is 29.3 Å². The predicted molar refractivity (Wildman–Crippen MR) is 135 cm³/mol. The third kappa shape index (κ3) is 5.25. The number of furan rings is 1. The number of aromatic nitrogens is 3. The summed E-state index contributed by atoms with van der Waals surface area (Å²) in [5, 5.41) is 11.8. The number of benzene rings is 3. The van der Waals surface area contributed by atoms with Crippen LogP contribution < -0.4 is 15.4 Å². The SMILES string of the molecule is CC(C(=O)Nc1ccc(NC(=O)c2ccc(COc3ccc4ccccc4c3)o2)cc1)n1cncn1. The molecule has 2 amide bonds. The van der Waals surface area contributed by atoms with Gasteiger partial charge in [-0.3, -0.25) is 9.59 Å². The van der Waals surface area contributed by atoms with Gasteiger partial charge >= 0.3 is 0 Å². The quantitative estimate of drug-likeness (QED) is 0.321. The largest absolute Gasteiger partial charge is 0.486 e. The van der Waals surface area contributed by atoms with Gasteiger partial charge in [0.25, 0.3) is 5.91 Å². The number of carbonyl (C=O) groups excluding carboxylic acids is 2. The molecule has 3 aromatic carbocycles. The molecular weight excluding hydrogens is 458 g/mol. The number of ether oxygens (including phenoxy) is 1. The van der Waals surface area contributed by atoms with Crippen molar-refractivity contribution in [2.45, 2.75) is 19.6 Å². The number of hydrogen-bond acceptors (Lipinski definition) is 6. The molecule has 5 aromatic rings. The monoisotopic (exact) mass is 481 g/mol. The highest BCUT2D eigenvalue weighted by molar-refractivity contribution is 6.02. The Balaban J connectivity index is 1.14. The lowest BCUT2D eigenvalue weighted by molar-refractivity contribution is -0.119. The lowest BCUT2D eigenvalue weighted by Crippen LogP contribution is -2.24. The Bertz CT molecular complexity index is 1490. The lowest BCUT2D eigenvalue weighted by Gasteiger charge is -2.12. The Morgan fingerprint density at radius 1 is 0.944 bits per heavy atom. The summed E-state index contributed by atoms with van der Waals surface area (Å²) >= 11 is 0. The molecule has 0 fully saturated rings. The van der Waals surface area contributed by atoms with Crippen LogP contribution in [0.3, 0.4) is 0 Å². The molecule has 0 aliphatic rings. The minimum atomic E-state index is -0.509. The fourth-order valence-corrected chi connectivity index (χ4v) is 3.60. The second-order valence-corrected chi connectivity index (χ2v) is 8.14. The highest BCUT2D eigenvalue weighted by atomic mass is 16.5. The average Bonchev–Trinajstić information content (AvgIpc) is 3.61. The zero-order chi connectivity index (χ0) is 24.9.